The molecule has 4 rings (SSSR count). The molecular weight excluding hydrogens is 506 g/mol. The fourth-order valence-electron chi connectivity index (χ4n) is 4.94. The van der Waals surface area contributed by atoms with Gasteiger partial charge in [0.15, 0.2) is 11.0 Å². The molecule has 0 bridgehead atoms. The number of hydrogen-bond acceptors (Lipinski definition) is 6. The van der Waals surface area contributed by atoms with Crippen LogP contribution in [-0.2, 0) is 17.8 Å². The van der Waals surface area contributed by atoms with Gasteiger partial charge in [0.1, 0.15) is 12.4 Å². The Kier molecular flexibility index (Phi) is 10.7. The molecule has 8 heteroatoms. The summed E-state index contributed by atoms with van der Waals surface area (Å²) in [6.07, 6.45) is 4.38. The Morgan fingerprint density at radius 1 is 0.949 bits per heavy atom. The smallest absolute Gasteiger partial charge is 0.233 e. The second-order valence-electron chi connectivity index (χ2n) is 10.7. The molecule has 0 radical (unpaired) electrons. The molecule has 39 heavy (non-hydrogen) atoms. The molecule has 1 aliphatic heterocycles. The molecule has 2 heterocycles. The Morgan fingerprint density at radius 3 is 2.33 bits per heavy atom. The van der Waals surface area contributed by atoms with Crippen molar-refractivity contribution >= 4 is 23.4 Å². The highest BCUT2D eigenvalue weighted by atomic mass is 32.2. The van der Waals surface area contributed by atoms with E-state index in [4.69, 9.17) is 4.74 Å². The Labute approximate surface area is 237 Å². The van der Waals surface area contributed by atoms with Crippen molar-refractivity contribution in [3.63, 3.8) is 0 Å². The van der Waals surface area contributed by atoms with Gasteiger partial charge in [-0.25, -0.2) is 0 Å². The van der Waals surface area contributed by atoms with Crippen LogP contribution in [0.2, 0.25) is 0 Å². The van der Waals surface area contributed by atoms with Crippen molar-refractivity contribution in [2.24, 2.45) is 5.92 Å². The molecule has 3 aromatic rings. The summed E-state index contributed by atoms with van der Waals surface area (Å²) in [6.45, 7) is 12.4. The number of aryl methyl sites for hydroxylation is 1. The molecular formula is C31H43N5O2S. The largest absolute Gasteiger partial charge is 0.486 e. The van der Waals surface area contributed by atoms with Crippen molar-refractivity contribution in [1.29, 1.82) is 0 Å². The molecule has 1 aliphatic rings. The quantitative estimate of drug-likeness (QED) is 0.235. The number of rotatable bonds is 13. The van der Waals surface area contributed by atoms with Crippen LogP contribution in [0.5, 0.6) is 5.75 Å². The number of hydrogen-bond donors (Lipinski definition) is 0. The summed E-state index contributed by atoms with van der Waals surface area (Å²) < 4.78 is 8.28. The van der Waals surface area contributed by atoms with E-state index in [0.29, 0.717) is 18.3 Å². The Balaban J connectivity index is 1.37. The maximum absolute atomic E-state index is 13.1. The van der Waals surface area contributed by atoms with Crippen molar-refractivity contribution < 1.29 is 9.53 Å². The van der Waals surface area contributed by atoms with Crippen LogP contribution in [0.1, 0.15) is 64.4 Å². The third kappa shape index (κ3) is 8.24. The first-order valence-corrected chi connectivity index (χ1v) is 15.3. The van der Waals surface area contributed by atoms with E-state index in [2.05, 4.69) is 83.8 Å². The topological polar surface area (TPSA) is 63.5 Å². The highest BCUT2D eigenvalue weighted by molar-refractivity contribution is 7.99. The zero-order chi connectivity index (χ0) is 27.6. The zero-order valence-corrected chi connectivity index (χ0v) is 24.7. The van der Waals surface area contributed by atoms with E-state index in [1.165, 1.54) is 29.4 Å². The number of amides is 1. The SMILES string of the molecule is CCc1ccc(OCc2nnc(SCC(=O)N3CCN(c4ccccc4)CC3)n2C(C)CCCC(C)C)cc1. The second-order valence-corrected chi connectivity index (χ2v) is 11.7. The lowest BCUT2D eigenvalue weighted by atomic mass is 10.0. The van der Waals surface area contributed by atoms with Gasteiger partial charge in [0.05, 0.1) is 5.75 Å². The number of thioether (sulfide) groups is 1. The number of para-hydroxylation sites is 1. The van der Waals surface area contributed by atoms with Crippen LogP contribution in [0.4, 0.5) is 5.69 Å². The highest BCUT2D eigenvalue weighted by Crippen LogP contribution is 2.27. The standard InChI is InChI=1S/C31H43N5O2S/c1-5-26-14-16-28(17-15-26)38-22-29-32-33-31(36(29)25(4)11-9-10-24(2)3)39-23-30(37)35-20-18-34(19-21-35)27-12-7-6-8-13-27/h6-8,12-17,24-25H,5,9-11,18-23H2,1-4H3. The average Bonchev–Trinajstić information content (AvgIpc) is 3.38. The highest BCUT2D eigenvalue weighted by Gasteiger charge is 2.24. The molecule has 1 unspecified atom stereocenters. The van der Waals surface area contributed by atoms with Crippen LogP contribution in [-0.4, -0.2) is 57.5 Å². The van der Waals surface area contributed by atoms with Gasteiger partial charge in [0.2, 0.25) is 5.91 Å². The Bertz CT molecular complexity index is 1160. The second kappa shape index (κ2) is 14.4. The maximum atomic E-state index is 13.1. The number of carbonyl (C=O) groups is 1. The van der Waals surface area contributed by atoms with Gasteiger partial charge in [0, 0.05) is 37.9 Å². The van der Waals surface area contributed by atoms with E-state index in [-0.39, 0.29) is 11.9 Å². The van der Waals surface area contributed by atoms with Gasteiger partial charge in [0.25, 0.3) is 0 Å². The van der Waals surface area contributed by atoms with E-state index >= 15 is 0 Å². The molecule has 1 saturated heterocycles. The molecule has 210 valence electrons. The molecule has 1 fully saturated rings. The normalized spacial score (nSPS) is 14.6. The van der Waals surface area contributed by atoms with Gasteiger partial charge in [-0.05, 0) is 55.5 Å². The van der Waals surface area contributed by atoms with Gasteiger partial charge in [-0.2, -0.15) is 0 Å². The molecule has 0 saturated carbocycles. The molecule has 7 nitrogen and oxygen atoms in total. The summed E-state index contributed by atoms with van der Waals surface area (Å²) in [5, 5.41) is 9.80. The minimum absolute atomic E-state index is 0.156. The van der Waals surface area contributed by atoms with Gasteiger partial charge < -0.3 is 19.1 Å². The van der Waals surface area contributed by atoms with E-state index in [1.807, 2.05) is 23.1 Å². The van der Waals surface area contributed by atoms with Crippen molar-refractivity contribution in [2.45, 2.75) is 71.2 Å². The number of piperazine rings is 1. The van der Waals surface area contributed by atoms with Crippen LogP contribution < -0.4 is 9.64 Å². The molecule has 0 spiro atoms. The summed E-state index contributed by atoms with van der Waals surface area (Å²) >= 11 is 1.49. The molecule has 0 aliphatic carbocycles. The molecule has 0 N–H and O–H groups in total. The average molecular weight is 550 g/mol. The molecule has 1 atom stereocenters. The van der Waals surface area contributed by atoms with Crippen molar-refractivity contribution in [1.82, 2.24) is 19.7 Å². The predicted molar refractivity (Wildman–Crippen MR) is 160 cm³/mol. The summed E-state index contributed by atoms with van der Waals surface area (Å²) in [5.74, 6) is 2.83. The number of carbonyl (C=O) groups excluding carboxylic acids is 1. The van der Waals surface area contributed by atoms with Gasteiger partial charge in [-0.3, -0.25) is 4.79 Å². The zero-order valence-electron chi connectivity index (χ0n) is 23.9. The van der Waals surface area contributed by atoms with Crippen LogP contribution in [0, 0.1) is 5.92 Å². The predicted octanol–water partition coefficient (Wildman–Crippen LogP) is 6.25. The minimum atomic E-state index is 0.156. The number of benzene rings is 2. The van der Waals surface area contributed by atoms with Gasteiger partial charge >= 0.3 is 0 Å². The number of ether oxygens (including phenoxy) is 1. The lowest BCUT2D eigenvalue weighted by Gasteiger charge is -2.36. The number of nitrogens with zero attached hydrogens (tertiary/aromatic N) is 5. The van der Waals surface area contributed by atoms with Crippen molar-refractivity contribution in [2.75, 3.05) is 36.8 Å². The summed E-state index contributed by atoms with van der Waals surface area (Å²) in [6, 6.07) is 18.9. The van der Waals surface area contributed by atoms with Crippen LogP contribution in [0.25, 0.3) is 0 Å². The third-order valence-corrected chi connectivity index (χ3v) is 8.29. The van der Waals surface area contributed by atoms with Crippen LogP contribution >= 0.6 is 11.8 Å². The minimum Gasteiger partial charge on any atom is -0.486 e. The van der Waals surface area contributed by atoms with Crippen molar-refractivity contribution in [3.8, 4) is 5.75 Å². The van der Waals surface area contributed by atoms with E-state index in [1.54, 1.807) is 0 Å². The van der Waals surface area contributed by atoms with Crippen LogP contribution in [0.15, 0.2) is 59.8 Å². The molecule has 2 aromatic carbocycles. The van der Waals surface area contributed by atoms with Gasteiger partial charge in [-0.15, -0.1) is 10.2 Å². The summed E-state index contributed by atoms with van der Waals surface area (Å²) in [5.41, 5.74) is 2.50. The van der Waals surface area contributed by atoms with Gasteiger partial charge in [-0.1, -0.05) is 75.7 Å². The van der Waals surface area contributed by atoms with Crippen molar-refractivity contribution in [3.05, 3.63) is 66.0 Å². The first-order chi connectivity index (χ1) is 18.9. The fraction of sp³-hybridized carbons (Fsp3) is 0.516. The van der Waals surface area contributed by atoms with E-state index in [0.717, 1.165) is 62.2 Å². The van der Waals surface area contributed by atoms with E-state index < -0.39 is 0 Å². The lowest BCUT2D eigenvalue weighted by Crippen LogP contribution is -2.49. The first kappa shape index (κ1) is 29.0. The summed E-state index contributed by atoms with van der Waals surface area (Å²) in [7, 11) is 0. The fourth-order valence-corrected chi connectivity index (χ4v) is 5.90. The Hall–Kier alpha value is -3.00. The molecule has 1 amide bonds. The summed E-state index contributed by atoms with van der Waals surface area (Å²) in [4.78, 5) is 17.4. The first-order valence-electron chi connectivity index (χ1n) is 14.3. The lowest BCUT2D eigenvalue weighted by molar-refractivity contribution is -0.128. The third-order valence-electron chi connectivity index (χ3n) is 7.36. The monoisotopic (exact) mass is 549 g/mol. The van der Waals surface area contributed by atoms with Crippen LogP contribution in [0.3, 0.4) is 0 Å². The number of aromatic nitrogens is 3. The molecule has 1 aromatic heterocycles. The van der Waals surface area contributed by atoms with E-state index in [9.17, 15) is 4.79 Å². The maximum Gasteiger partial charge on any atom is 0.233 e. The number of anilines is 1. The Morgan fingerprint density at radius 2 is 1.67 bits per heavy atom.